The predicted octanol–water partition coefficient (Wildman–Crippen LogP) is 6.24. The van der Waals surface area contributed by atoms with Gasteiger partial charge in [0, 0.05) is 12.6 Å². The number of nitrogens with zero attached hydrogens (tertiary/aromatic N) is 3. The van der Waals surface area contributed by atoms with Crippen molar-refractivity contribution in [2.24, 2.45) is 17.8 Å². The Balaban J connectivity index is 1.64. The zero-order valence-electron chi connectivity index (χ0n) is 15.5. The van der Waals surface area contributed by atoms with Crippen molar-refractivity contribution in [1.29, 1.82) is 0 Å². The van der Waals surface area contributed by atoms with Crippen LogP contribution < -0.4 is 4.74 Å². The summed E-state index contributed by atoms with van der Waals surface area (Å²) in [5.41, 5.74) is 1.84. The Bertz CT molecular complexity index is 781. The molecule has 142 valence electrons. The summed E-state index contributed by atoms with van der Waals surface area (Å²) in [5.74, 6) is 2.81. The normalized spacial score (nSPS) is 25.2. The molecule has 2 aromatic rings. The molecule has 0 spiro atoms. The van der Waals surface area contributed by atoms with E-state index < -0.39 is 0 Å². The predicted molar refractivity (Wildman–Crippen MR) is 109 cm³/mol. The minimum atomic E-state index is 0.163. The van der Waals surface area contributed by atoms with Crippen molar-refractivity contribution in [3.8, 4) is 5.88 Å². The van der Waals surface area contributed by atoms with E-state index in [1.807, 2.05) is 6.07 Å². The van der Waals surface area contributed by atoms with Gasteiger partial charge in [-0.15, -0.1) is 0 Å². The van der Waals surface area contributed by atoms with E-state index in [0.717, 1.165) is 28.2 Å². The van der Waals surface area contributed by atoms with E-state index in [9.17, 15) is 0 Å². The Morgan fingerprint density at radius 3 is 2.62 bits per heavy atom. The summed E-state index contributed by atoms with van der Waals surface area (Å²) in [6, 6.07) is 1.84. The molecular weight excluding hydrogens is 414 g/mol. The van der Waals surface area contributed by atoms with Crippen molar-refractivity contribution in [1.82, 2.24) is 14.5 Å². The minimum absolute atomic E-state index is 0.163. The second-order valence-corrected chi connectivity index (χ2v) is 9.35. The molecule has 0 saturated heterocycles. The van der Waals surface area contributed by atoms with Crippen LogP contribution in [0.15, 0.2) is 10.8 Å². The third kappa shape index (κ3) is 3.75. The molecule has 1 atom stereocenters. The average Bonchev–Trinajstić information content (AvgIpc) is 2.83. The average molecular weight is 441 g/mol. The van der Waals surface area contributed by atoms with Gasteiger partial charge in [-0.25, -0.2) is 4.98 Å². The van der Waals surface area contributed by atoms with E-state index in [0.29, 0.717) is 22.9 Å². The van der Waals surface area contributed by atoms with Gasteiger partial charge in [-0.3, -0.25) is 0 Å². The second-order valence-electron chi connectivity index (χ2n) is 8.25. The maximum absolute atomic E-state index is 6.30. The maximum atomic E-state index is 6.30. The number of hydrogen-bond acceptors (Lipinski definition) is 3. The van der Waals surface area contributed by atoms with Crippen molar-refractivity contribution in [3.05, 3.63) is 16.0 Å². The summed E-state index contributed by atoms with van der Waals surface area (Å²) in [5, 5.41) is 0.442. The highest BCUT2D eigenvalue weighted by Gasteiger charge is 2.28. The van der Waals surface area contributed by atoms with Crippen molar-refractivity contribution in [2.75, 3.05) is 0 Å². The smallest absolute Gasteiger partial charge is 0.242 e. The quantitative estimate of drug-likeness (QED) is 0.516. The Labute approximate surface area is 168 Å². The molecular formula is C20H27BrClN3O. The number of halogens is 2. The van der Waals surface area contributed by atoms with Crippen molar-refractivity contribution >= 4 is 38.6 Å². The molecule has 0 bridgehead atoms. The molecule has 2 aliphatic rings. The fourth-order valence-electron chi connectivity index (χ4n) is 4.26. The van der Waals surface area contributed by atoms with Crippen LogP contribution in [0.5, 0.6) is 5.88 Å². The summed E-state index contributed by atoms with van der Waals surface area (Å²) in [6.07, 6.45) is 9.16. The summed E-state index contributed by atoms with van der Waals surface area (Å²) >= 11 is 9.90. The number of rotatable bonds is 5. The first-order valence-electron chi connectivity index (χ1n) is 9.90. The van der Waals surface area contributed by atoms with E-state index in [1.54, 1.807) is 0 Å². The molecule has 26 heavy (non-hydrogen) atoms. The highest BCUT2D eigenvalue weighted by Crippen LogP contribution is 2.37. The van der Waals surface area contributed by atoms with Crippen LogP contribution in [0.2, 0.25) is 5.15 Å². The third-order valence-corrected chi connectivity index (χ3v) is 7.10. The van der Waals surface area contributed by atoms with E-state index in [1.165, 1.54) is 44.9 Å². The molecule has 0 radical (unpaired) electrons. The molecule has 1 unspecified atom stereocenters. The lowest BCUT2D eigenvalue weighted by Crippen LogP contribution is -2.29. The van der Waals surface area contributed by atoms with Crippen LogP contribution in [0.1, 0.15) is 58.8 Å². The Kier molecular flexibility index (Phi) is 5.47. The molecule has 0 N–H and O–H groups in total. The zero-order valence-corrected chi connectivity index (χ0v) is 17.9. The Morgan fingerprint density at radius 2 is 1.96 bits per heavy atom. The molecule has 2 aliphatic carbocycles. The molecule has 2 heterocycles. The van der Waals surface area contributed by atoms with Gasteiger partial charge in [-0.2, -0.15) is 4.98 Å². The van der Waals surface area contributed by atoms with Gasteiger partial charge < -0.3 is 9.30 Å². The molecule has 2 fully saturated rings. The summed E-state index contributed by atoms with van der Waals surface area (Å²) in [7, 11) is 0. The third-order valence-electron chi connectivity index (χ3n) is 6.30. The lowest BCUT2D eigenvalue weighted by molar-refractivity contribution is 0.0956. The standard InChI is InChI=1S/C20H27BrClN3O/c1-12-6-8-14(9-7-12)11-25-18-16(23-20(25)21)10-17(22)24-19(18)26-13(2)15-4-3-5-15/h10,12-15H,3-9,11H2,1-2H3. The highest BCUT2D eigenvalue weighted by atomic mass is 79.9. The maximum Gasteiger partial charge on any atom is 0.242 e. The van der Waals surface area contributed by atoms with Gasteiger partial charge in [-0.1, -0.05) is 37.8 Å². The summed E-state index contributed by atoms with van der Waals surface area (Å²) in [6.45, 7) is 5.47. The Morgan fingerprint density at radius 1 is 1.23 bits per heavy atom. The minimum Gasteiger partial charge on any atom is -0.473 e. The largest absolute Gasteiger partial charge is 0.473 e. The Hall–Kier alpha value is -0.810. The first kappa shape index (κ1) is 18.5. The molecule has 0 amide bonds. The van der Waals surface area contributed by atoms with Crippen LogP contribution in [0.3, 0.4) is 0 Å². The van der Waals surface area contributed by atoms with Gasteiger partial charge in [0.1, 0.15) is 16.8 Å². The van der Waals surface area contributed by atoms with E-state index >= 15 is 0 Å². The number of pyridine rings is 1. The van der Waals surface area contributed by atoms with Crippen molar-refractivity contribution in [2.45, 2.75) is 71.4 Å². The number of imidazole rings is 1. The van der Waals surface area contributed by atoms with Crippen LogP contribution >= 0.6 is 27.5 Å². The number of hydrogen-bond donors (Lipinski definition) is 0. The number of fused-ring (bicyclic) bond motifs is 1. The lowest BCUT2D eigenvalue weighted by atomic mass is 9.82. The first-order valence-corrected chi connectivity index (χ1v) is 11.1. The second kappa shape index (κ2) is 7.67. The van der Waals surface area contributed by atoms with Crippen molar-refractivity contribution < 1.29 is 4.74 Å². The topological polar surface area (TPSA) is 39.9 Å². The monoisotopic (exact) mass is 439 g/mol. The molecule has 0 aromatic carbocycles. The van der Waals surface area contributed by atoms with Crippen LogP contribution in [0.25, 0.3) is 11.0 Å². The van der Waals surface area contributed by atoms with Crippen molar-refractivity contribution in [3.63, 3.8) is 0 Å². The first-order chi connectivity index (χ1) is 12.5. The van der Waals surface area contributed by atoms with Crippen LogP contribution in [0, 0.1) is 17.8 Å². The van der Waals surface area contributed by atoms with Crippen LogP contribution in [-0.2, 0) is 6.54 Å². The fraction of sp³-hybridized carbons (Fsp3) is 0.700. The molecule has 2 aromatic heterocycles. The molecule has 0 aliphatic heterocycles. The van der Waals surface area contributed by atoms with Gasteiger partial charge in [0.25, 0.3) is 0 Å². The SMILES string of the molecule is CC1CCC(Cn2c(Br)nc3cc(Cl)nc(OC(C)C4CCC4)c32)CC1. The van der Waals surface area contributed by atoms with E-state index in [2.05, 4.69) is 44.3 Å². The van der Waals surface area contributed by atoms with E-state index in [4.69, 9.17) is 16.3 Å². The van der Waals surface area contributed by atoms with Crippen LogP contribution in [0.4, 0.5) is 0 Å². The highest BCUT2D eigenvalue weighted by molar-refractivity contribution is 9.10. The molecule has 2 saturated carbocycles. The van der Waals surface area contributed by atoms with Gasteiger partial charge in [-0.05, 0) is 66.3 Å². The van der Waals surface area contributed by atoms with Gasteiger partial charge in [0.15, 0.2) is 4.73 Å². The fourth-order valence-corrected chi connectivity index (χ4v) is 4.96. The van der Waals surface area contributed by atoms with Crippen LogP contribution in [-0.4, -0.2) is 20.6 Å². The number of ether oxygens (including phenoxy) is 1. The molecule has 6 heteroatoms. The number of aromatic nitrogens is 3. The molecule has 4 nitrogen and oxygen atoms in total. The summed E-state index contributed by atoms with van der Waals surface area (Å²) in [4.78, 5) is 9.20. The zero-order chi connectivity index (χ0) is 18.3. The van der Waals surface area contributed by atoms with E-state index in [-0.39, 0.29) is 6.10 Å². The van der Waals surface area contributed by atoms with Gasteiger partial charge in [0.2, 0.25) is 5.88 Å². The van der Waals surface area contributed by atoms with Gasteiger partial charge >= 0.3 is 0 Å². The lowest BCUT2D eigenvalue weighted by Gasteiger charge is -2.31. The molecule has 4 rings (SSSR count). The van der Waals surface area contributed by atoms with Gasteiger partial charge in [0.05, 0.1) is 5.52 Å². The summed E-state index contributed by atoms with van der Waals surface area (Å²) < 4.78 is 9.38.